The monoisotopic (exact) mass is 429 g/mol. The van der Waals surface area contributed by atoms with Gasteiger partial charge in [-0.15, -0.1) is 0 Å². The summed E-state index contributed by atoms with van der Waals surface area (Å²) in [4.78, 5) is 10.7. The van der Waals surface area contributed by atoms with Crippen molar-refractivity contribution in [2.45, 2.75) is 31.7 Å². The minimum absolute atomic E-state index is 0.170. The fraction of sp³-hybridized carbons (Fsp3) is 0.250. The van der Waals surface area contributed by atoms with Crippen LogP contribution in [-0.4, -0.2) is 29.7 Å². The first-order chi connectivity index (χ1) is 14.3. The number of nitrogens with one attached hydrogen (secondary N) is 2. The number of nitrogens with zero attached hydrogens (tertiary/aromatic N) is 3. The van der Waals surface area contributed by atoms with Gasteiger partial charge in [-0.05, 0) is 50.1 Å². The van der Waals surface area contributed by atoms with Gasteiger partial charge in [-0.2, -0.15) is 5.10 Å². The van der Waals surface area contributed by atoms with Crippen LogP contribution in [0.4, 0.5) is 17.1 Å². The minimum atomic E-state index is -3.97. The number of nitro benzene ring substituents is 1. The molecule has 30 heavy (non-hydrogen) atoms. The van der Waals surface area contributed by atoms with E-state index in [0.717, 1.165) is 17.2 Å². The van der Waals surface area contributed by atoms with Gasteiger partial charge < -0.3 is 5.32 Å². The van der Waals surface area contributed by atoms with Crippen molar-refractivity contribution in [3.63, 3.8) is 0 Å². The zero-order chi connectivity index (χ0) is 21.7. The SMILES string of the molecule is Cc1ccc(NS(=O)(=O)c2ccc(NCCCn3cccn3)c([N+](=O)[O-])c2)c(C)c1. The fourth-order valence-corrected chi connectivity index (χ4v) is 4.16. The predicted molar refractivity (Wildman–Crippen MR) is 115 cm³/mol. The molecular weight excluding hydrogens is 406 g/mol. The molecule has 158 valence electrons. The second-order valence-electron chi connectivity index (χ2n) is 6.91. The second-order valence-corrected chi connectivity index (χ2v) is 8.59. The van der Waals surface area contributed by atoms with Crippen molar-refractivity contribution in [2.75, 3.05) is 16.6 Å². The van der Waals surface area contributed by atoms with Gasteiger partial charge in [-0.3, -0.25) is 19.5 Å². The van der Waals surface area contributed by atoms with Gasteiger partial charge in [0.1, 0.15) is 5.69 Å². The quantitative estimate of drug-likeness (QED) is 0.304. The molecule has 0 fully saturated rings. The highest BCUT2D eigenvalue weighted by Crippen LogP contribution is 2.29. The van der Waals surface area contributed by atoms with Gasteiger partial charge >= 0.3 is 0 Å². The Kier molecular flexibility index (Phi) is 6.36. The van der Waals surface area contributed by atoms with E-state index in [9.17, 15) is 18.5 Å². The normalized spacial score (nSPS) is 11.3. The number of aromatic nitrogens is 2. The van der Waals surface area contributed by atoms with Crippen molar-refractivity contribution in [1.82, 2.24) is 9.78 Å². The lowest BCUT2D eigenvalue weighted by Crippen LogP contribution is -2.15. The average Bonchev–Trinajstić information content (AvgIpc) is 3.21. The summed E-state index contributed by atoms with van der Waals surface area (Å²) in [5.74, 6) is 0. The van der Waals surface area contributed by atoms with Gasteiger partial charge in [0, 0.05) is 31.5 Å². The third-order valence-electron chi connectivity index (χ3n) is 4.54. The maximum absolute atomic E-state index is 12.8. The smallest absolute Gasteiger partial charge is 0.293 e. The van der Waals surface area contributed by atoms with Crippen LogP contribution in [0.25, 0.3) is 0 Å². The molecule has 0 aliphatic heterocycles. The first-order valence-corrected chi connectivity index (χ1v) is 10.8. The number of benzene rings is 2. The molecular formula is C20H23N5O4S. The maximum Gasteiger partial charge on any atom is 0.293 e. The van der Waals surface area contributed by atoms with Crippen LogP contribution in [0.3, 0.4) is 0 Å². The highest BCUT2D eigenvalue weighted by atomic mass is 32.2. The summed E-state index contributed by atoms with van der Waals surface area (Å²) >= 11 is 0. The van der Waals surface area contributed by atoms with E-state index in [1.165, 1.54) is 12.1 Å². The molecule has 0 aliphatic rings. The van der Waals surface area contributed by atoms with Crippen molar-refractivity contribution >= 4 is 27.1 Å². The fourth-order valence-electron chi connectivity index (χ4n) is 3.01. The van der Waals surface area contributed by atoms with E-state index >= 15 is 0 Å². The lowest BCUT2D eigenvalue weighted by Gasteiger charge is -2.12. The Morgan fingerprint density at radius 2 is 1.90 bits per heavy atom. The van der Waals surface area contributed by atoms with Crippen molar-refractivity contribution < 1.29 is 13.3 Å². The predicted octanol–water partition coefficient (Wildman–Crippen LogP) is 3.71. The number of anilines is 2. The van der Waals surface area contributed by atoms with Gasteiger partial charge in [0.15, 0.2) is 0 Å². The zero-order valence-electron chi connectivity index (χ0n) is 16.7. The van der Waals surface area contributed by atoms with Crippen LogP contribution in [0.15, 0.2) is 59.8 Å². The average molecular weight is 430 g/mol. The Balaban J connectivity index is 1.75. The molecule has 3 rings (SSSR count). The zero-order valence-corrected chi connectivity index (χ0v) is 17.5. The number of aryl methyl sites for hydroxylation is 3. The molecule has 0 saturated carbocycles. The Labute approximate surface area is 174 Å². The Morgan fingerprint density at radius 3 is 2.57 bits per heavy atom. The van der Waals surface area contributed by atoms with Crippen molar-refractivity contribution in [1.29, 1.82) is 0 Å². The number of nitro groups is 1. The molecule has 0 aliphatic carbocycles. The largest absolute Gasteiger partial charge is 0.379 e. The molecule has 0 atom stereocenters. The topological polar surface area (TPSA) is 119 Å². The molecule has 2 aromatic carbocycles. The van der Waals surface area contributed by atoms with Crippen LogP contribution in [0.1, 0.15) is 17.5 Å². The molecule has 10 heteroatoms. The summed E-state index contributed by atoms with van der Waals surface area (Å²) < 4.78 is 29.8. The van der Waals surface area contributed by atoms with Crippen LogP contribution in [0, 0.1) is 24.0 Å². The Bertz CT molecular complexity index is 1140. The van der Waals surface area contributed by atoms with Gasteiger partial charge in [-0.25, -0.2) is 8.42 Å². The Hall–Kier alpha value is -3.40. The van der Waals surface area contributed by atoms with E-state index in [0.29, 0.717) is 25.2 Å². The summed E-state index contributed by atoms with van der Waals surface area (Å²) in [6.07, 6.45) is 4.22. The summed E-state index contributed by atoms with van der Waals surface area (Å²) in [6.45, 7) is 4.85. The molecule has 9 nitrogen and oxygen atoms in total. The molecule has 1 heterocycles. The number of hydrogen-bond donors (Lipinski definition) is 2. The molecule has 0 amide bonds. The standard InChI is InChI=1S/C20H23N5O4S/c1-15-5-7-18(16(2)13-15)23-30(28,29)17-6-8-19(20(14-17)25(26)27)21-9-3-11-24-12-4-10-22-24/h4-8,10,12-14,21,23H,3,9,11H2,1-2H3. The molecule has 0 bridgehead atoms. The first kappa shape index (κ1) is 21.3. The van der Waals surface area contributed by atoms with Crippen LogP contribution >= 0.6 is 0 Å². The van der Waals surface area contributed by atoms with Gasteiger partial charge in [-0.1, -0.05) is 17.7 Å². The maximum atomic E-state index is 12.8. The third-order valence-corrected chi connectivity index (χ3v) is 5.90. The van der Waals surface area contributed by atoms with Gasteiger partial charge in [0.25, 0.3) is 15.7 Å². The van der Waals surface area contributed by atoms with E-state index in [2.05, 4.69) is 15.1 Å². The summed E-state index contributed by atoms with van der Waals surface area (Å²) in [7, 11) is -3.97. The molecule has 0 unspecified atom stereocenters. The van der Waals surface area contributed by atoms with E-state index < -0.39 is 14.9 Å². The third kappa shape index (κ3) is 5.15. The Morgan fingerprint density at radius 1 is 1.13 bits per heavy atom. The highest BCUT2D eigenvalue weighted by Gasteiger charge is 2.22. The summed E-state index contributed by atoms with van der Waals surface area (Å²) in [5, 5.41) is 18.6. The molecule has 0 saturated heterocycles. The molecule has 0 spiro atoms. The molecule has 3 aromatic rings. The highest BCUT2D eigenvalue weighted by molar-refractivity contribution is 7.92. The van der Waals surface area contributed by atoms with Crippen LogP contribution in [0.2, 0.25) is 0 Å². The van der Waals surface area contributed by atoms with Gasteiger partial charge in [0.05, 0.1) is 15.5 Å². The second kappa shape index (κ2) is 8.95. The van der Waals surface area contributed by atoms with Crippen molar-refractivity contribution in [3.8, 4) is 0 Å². The minimum Gasteiger partial charge on any atom is -0.379 e. The van der Waals surface area contributed by atoms with E-state index in [-0.39, 0.29) is 16.3 Å². The lowest BCUT2D eigenvalue weighted by molar-refractivity contribution is -0.384. The van der Waals surface area contributed by atoms with Crippen LogP contribution in [-0.2, 0) is 16.6 Å². The lowest BCUT2D eigenvalue weighted by atomic mass is 10.1. The van der Waals surface area contributed by atoms with Crippen LogP contribution < -0.4 is 10.0 Å². The molecule has 0 radical (unpaired) electrons. The van der Waals surface area contributed by atoms with E-state index in [1.807, 2.05) is 25.3 Å². The first-order valence-electron chi connectivity index (χ1n) is 9.36. The van der Waals surface area contributed by atoms with Crippen LogP contribution in [0.5, 0.6) is 0 Å². The van der Waals surface area contributed by atoms with Crippen molar-refractivity contribution in [2.24, 2.45) is 0 Å². The summed E-state index contributed by atoms with van der Waals surface area (Å²) in [5.41, 5.74) is 2.19. The van der Waals surface area contributed by atoms with E-state index in [1.54, 1.807) is 29.9 Å². The summed E-state index contributed by atoms with van der Waals surface area (Å²) in [6, 6.07) is 11.0. The van der Waals surface area contributed by atoms with Gasteiger partial charge in [0.2, 0.25) is 0 Å². The van der Waals surface area contributed by atoms with Crippen molar-refractivity contribution in [3.05, 3.63) is 76.1 Å². The number of hydrogen-bond acceptors (Lipinski definition) is 6. The number of rotatable bonds is 9. The number of sulfonamides is 1. The molecule has 2 N–H and O–H groups in total. The van der Waals surface area contributed by atoms with E-state index in [4.69, 9.17) is 0 Å². The molecule has 1 aromatic heterocycles.